The zero-order valence-corrected chi connectivity index (χ0v) is 15.2. The maximum Gasteiger partial charge on any atom is 0.253 e. The number of carbonyl (C=O) groups excluding carboxylic acids is 2. The number of benzene rings is 1. The number of pyridine rings is 1. The van der Waals surface area contributed by atoms with Crippen LogP contribution in [0.3, 0.4) is 0 Å². The van der Waals surface area contributed by atoms with Crippen LogP contribution in [0.15, 0.2) is 42.6 Å². The Bertz CT molecular complexity index is 798. The lowest BCUT2D eigenvalue weighted by Crippen LogP contribution is -2.48. The van der Waals surface area contributed by atoms with Crippen LogP contribution < -0.4 is 5.32 Å². The van der Waals surface area contributed by atoms with Gasteiger partial charge in [0.05, 0.1) is 11.4 Å². The lowest BCUT2D eigenvalue weighted by molar-refractivity contribution is -0.114. The summed E-state index contributed by atoms with van der Waals surface area (Å²) in [5.74, 6) is -0.111. The minimum absolute atomic E-state index is 0.0413. The minimum Gasteiger partial charge on any atom is -0.336 e. The lowest BCUT2D eigenvalue weighted by atomic mass is 10.0. The number of nitrogens with one attached hydrogen (secondary N) is 1. The fourth-order valence-corrected chi connectivity index (χ4v) is 3.18. The highest BCUT2D eigenvalue weighted by Crippen LogP contribution is 2.26. The first-order valence-corrected chi connectivity index (χ1v) is 8.93. The smallest absolute Gasteiger partial charge is 0.253 e. The predicted molar refractivity (Wildman–Crippen MR) is 102 cm³/mol. The number of piperazine rings is 1. The molecule has 6 heteroatoms. The molecule has 1 N–H and O–H groups in total. The summed E-state index contributed by atoms with van der Waals surface area (Å²) >= 11 is 0. The van der Waals surface area contributed by atoms with Gasteiger partial charge in [0.15, 0.2) is 0 Å². The number of carbonyl (C=O) groups is 2. The molecule has 0 atom stereocenters. The van der Waals surface area contributed by atoms with E-state index in [1.165, 1.54) is 6.92 Å². The van der Waals surface area contributed by atoms with Gasteiger partial charge in [-0.1, -0.05) is 19.1 Å². The van der Waals surface area contributed by atoms with Crippen LogP contribution in [0, 0.1) is 0 Å². The fourth-order valence-electron chi connectivity index (χ4n) is 3.18. The van der Waals surface area contributed by atoms with E-state index in [1.54, 1.807) is 12.3 Å². The lowest BCUT2D eigenvalue weighted by Gasteiger charge is -2.34. The Morgan fingerprint density at radius 3 is 2.58 bits per heavy atom. The third kappa shape index (κ3) is 4.08. The summed E-state index contributed by atoms with van der Waals surface area (Å²) in [5, 5.41) is 2.79. The molecule has 1 aliphatic heterocycles. The Morgan fingerprint density at radius 2 is 1.88 bits per heavy atom. The monoisotopic (exact) mass is 352 g/mol. The highest BCUT2D eigenvalue weighted by molar-refractivity contribution is 5.97. The van der Waals surface area contributed by atoms with Crippen molar-refractivity contribution < 1.29 is 9.59 Å². The molecule has 1 aromatic carbocycles. The van der Waals surface area contributed by atoms with E-state index < -0.39 is 0 Å². The van der Waals surface area contributed by atoms with Crippen molar-refractivity contribution in [1.82, 2.24) is 14.8 Å². The summed E-state index contributed by atoms with van der Waals surface area (Å²) in [5.41, 5.74) is 2.76. The van der Waals surface area contributed by atoms with Gasteiger partial charge in [-0.25, -0.2) is 0 Å². The van der Waals surface area contributed by atoms with Crippen molar-refractivity contribution in [3.8, 4) is 11.3 Å². The molecule has 26 heavy (non-hydrogen) atoms. The number of aromatic nitrogens is 1. The Kier molecular flexibility index (Phi) is 5.63. The summed E-state index contributed by atoms with van der Waals surface area (Å²) in [7, 11) is 0. The van der Waals surface area contributed by atoms with E-state index in [0.29, 0.717) is 16.9 Å². The van der Waals surface area contributed by atoms with Gasteiger partial charge in [0, 0.05) is 50.4 Å². The molecule has 136 valence electrons. The third-order valence-corrected chi connectivity index (χ3v) is 4.61. The Labute approximate surface area is 153 Å². The molecule has 0 aliphatic carbocycles. The number of anilines is 1. The molecular formula is C20H24N4O2. The normalized spacial score (nSPS) is 14.9. The summed E-state index contributed by atoms with van der Waals surface area (Å²) in [6, 6.07) is 11.0. The number of hydrogen-bond acceptors (Lipinski definition) is 4. The SMILES string of the molecule is CCN1CCN(C(=O)c2cccc(-c3ncccc3NC(C)=O)c2)CC1. The molecule has 0 bridgehead atoms. The molecule has 0 unspecified atom stereocenters. The van der Waals surface area contributed by atoms with E-state index in [1.807, 2.05) is 35.2 Å². The topological polar surface area (TPSA) is 65.5 Å². The number of amides is 2. The fraction of sp³-hybridized carbons (Fsp3) is 0.350. The molecule has 2 aromatic rings. The second-order valence-corrected chi connectivity index (χ2v) is 6.39. The molecule has 1 saturated heterocycles. The van der Waals surface area contributed by atoms with Crippen molar-refractivity contribution in [2.45, 2.75) is 13.8 Å². The molecule has 0 saturated carbocycles. The van der Waals surface area contributed by atoms with Gasteiger partial charge in [-0.2, -0.15) is 0 Å². The highest BCUT2D eigenvalue weighted by atomic mass is 16.2. The van der Waals surface area contributed by atoms with Crippen LogP contribution in [0.5, 0.6) is 0 Å². The Morgan fingerprint density at radius 1 is 1.12 bits per heavy atom. The first-order chi connectivity index (χ1) is 12.6. The van der Waals surface area contributed by atoms with E-state index in [-0.39, 0.29) is 11.8 Å². The summed E-state index contributed by atoms with van der Waals surface area (Å²) < 4.78 is 0. The van der Waals surface area contributed by atoms with Crippen LogP contribution >= 0.6 is 0 Å². The van der Waals surface area contributed by atoms with Crippen LogP contribution in [0.1, 0.15) is 24.2 Å². The largest absolute Gasteiger partial charge is 0.336 e. The van der Waals surface area contributed by atoms with Gasteiger partial charge >= 0.3 is 0 Å². The Hall–Kier alpha value is -2.73. The third-order valence-electron chi connectivity index (χ3n) is 4.61. The van der Waals surface area contributed by atoms with Gasteiger partial charge in [-0.15, -0.1) is 0 Å². The van der Waals surface area contributed by atoms with Crippen molar-refractivity contribution in [2.75, 3.05) is 38.0 Å². The summed E-state index contributed by atoms with van der Waals surface area (Å²) in [4.78, 5) is 32.9. The highest BCUT2D eigenvalue weighted by Gasteiger charge is 2.21. The minimum atomic E-state index is -0.153. The van der Waals surface area contributed by atoms with Crippen LogP contribution in [0.4, 0.5) is 5.69 Å². The summed E-state index contributed by atoms with van der Waals surface area (Å²) in [6.45, 7) is 7.94. The quantitative estimate of drug-likeness (QED) is 0.918. The van der Waals surface area contributed by atoms with Gasteiger partial charge in [-0.05, 0) is 30.8 Å². The standard InChI is InChI=1S/C20H24N4O2/c1-3-23-10-12-24(13-11-23)20(26)17-7-4-6-16(14-17)19-18(22-15(2)25)8-5-9-21-19/h4-9,14H,3,10-13H2,1-2H3,(H,22,25). The maximum atomic E-state index is 12.9. The molecule has 0 spiro atoms. The molecule has 2 heterocycles. The number of rotatable bonds is 4. The van der Waals surface area contributed by atoms with E-state index >= 15 is 0 Å². The van der Waals surface area contributed by atoms with Crippen molar-refractivity contribution in [1.29, 1.82) is 0 Å². The van der Waals surface area contributed by atoms with E-state index in [0.717, 1.165) is 38.3 Å². The van der Waals surface area contributed by atoms with Crippen LogP contribution in [0.25, 0.3) is 11.3 Å². The van der Waals surface area contributed by atoms with Crippen molar-refractivity contribution in [3.05, 3.63) is 48.2 Å². The molecule has 3 rings (SSSR count). The summed E-state index contributed by atoms with van der Waals surface area (Å²) in [6.07, 6.45) is 1.68. The zero-order chi connectivity index (χ0) is 18.5. The number of hydrogen-bond donors (Lipinski definition) is 1. The molecule has 1 aromatic heterocycles. The van der Waals surface area contributed by atoms with E-state index in [9.17, 15) is 9.59 Å². The van der Waals surface area contributed by atoms with E-state index in [4.69, 9.17) is 0 Å². The first kappa shape index (κ1) is 18.1. The van der Waals surface area contributed by atoms with Gasteiger partial charge in [-0.3, -0.25) is 14.6 Å². The van der Waals surface area contributed by atoms with Crippen molar-refractivity contribution in [2.24, 2.45) is 0 Å². The Balaban J connectivity index is 1.83. The van der Waals surface area contributed by atoms with E-state index in [2.05, 4.69) is 22.1 Å². The van der Waals surface area contributed by atoms with Crippen molar-refractivity contribution >= 4 is 17.5 Å². The second-order valence-electron chi connectivity index (χ2n) is 6.39. The first-order valence-electron chi connectivity index (χ1n) is 8.93. The van der Waals surface area contributed by atoms with Crippen LogP contribution in [-0.4, -0.2) is 59.3 Å². The number of likely N-dealkylation sites (N-methyl/N-ethyl adjacent to an activating group) is 1. The maximum absolute atomic E-state index is 12.9. The molecule has 1 fully saturated rings. The van der Waals surface area contributed by atoms with Crippen molar-refractivity contribution in [3.63, 3.8) is 0 Å². The zero-order valence-electron chi connectivity index (χ0n) is 15.2. The molecule has 2 amide bonds. The molecular weight excluding hydrogens is 328 g/mol. The molecule has 6 nitrogen and oxygen atoms in total. The second kappa shape index (κ2) is 8.10. The molecule has 1 aliphatic rings. The molecule has 0 radical (unpaired) electrons. The van der Waals surface area contributed by atoms with Crippen LogP contribution in [0.2, 0.25) is 0 Å². The van der Waals surface area contributed by atoms with Gasteiger partial charge in [0.25, 0.3) is 5.91 Å². The van der Waals surface area contributed by atoms with Gasteiger partial charge in [0.1, 0.15) is 0 Å². The van der Waals surface area contributed by atoms with Gasteiger partial charge in [0.2, 0.25) is 5.91 Å². The average molecular weight is 352 g/mol. The van der Waals surface area contributed by atoms with Crippen LogP contribution in [-0.2, 0) is 4.79 Å². The predicted octanol–water partition coefficient (Wildman–Crippen LogP) is 2.48. The van der Waals surface area contributed by atoms with Gasteiger partial charge < -0.3 is 15.1 Å². The number of nitrogens with zero attached hydrogens (tertiary/aromatic N) is 3. The average Bonchev–Trinajstić information content (AvgIpc) is 2.67.